The van der Waals surface area contributed by atoms with Gasteiger partial charge >= 0.3 is 5.97 Å². The van der Waals surface area contributed by atoms with Crippen molar-refractivity contribution in [1.29, 1.82) is 0 Å². The number of ether oxygens (including phenoxy) is 1. The Morgan fingerprint density at radius 1 is 1.15 bits per heavy atom. The molecule has 0 spiro atoms. The minimum Gasteiger partial charge on any atom is -0.493 e. The summed E-state index contributed by atoms with van der Waals surface area (Å²) in [6, 6.07) is 16.7. The molecule has 3 rings (SSSR count). The molecule has 0 aliphatic carbocycles. The highest BCUT2D eigenvalue weighted by molar-refractivity contribution is 7.99. The van der Waals surface area contributed by atoms with Gasteiger partial charge in [0.25, 0.3) is 0 Å². The first-order chi connectivity index (χ1) is 13.2. The molecule has 7 heteroatoms. The number of nitrogens with zero attached hydrogens (tertiary/aromatic N) is 3. The first-order valence-corrected chi connectivity index (χ1v) is 9.71. The van der Waals surface area contributed by atoms with Crippen LogP contribution in [-0.2, 0) is 13.0 Å². The van der Waals surface area contributed by atoms with Gasteiger partial charge in [-0.25, -0.2) is 4.79 Å². The Hall–Kier alpha value is -2.80. The summed E-state index contributed by atoms with van der Waals surface area (Å²) >= 11 is 1.58. The van der Waals surface area contributed by atoms with Crippen LogP contribution in [0.4, 0.5) is 0 Å². The van der Waals surface area contributed by atoms with Gasteiger partial charge in [-0.15, -0.1) is 10.2 Å². The quantitative estimate of drug-likeness (QED) is 0.448. The van der Waals surface area contributed by atoms with Crippen LogP contribution < -0.4 is 4.74 Å². The van der Waals surface area contributed by atoms with Gasteiger partial charge in [-0.3, -0.25) is 0 Å². The monoisotopic (exact) mass is 383 g/mol. The summed E-state index contributed by atoms with van der Waals surface area (Å²) in [6.07, 6.45) is 0.751. The van der Waals surface area contributed by atoms with Gasteiger partial charge in [-0.05, 0) is 30.7 Å². The summed E-state index contributed by atoms with van der Waals surface area (Å²) in [7, 11) is 0. The summed E-state index contributed by atoms with van der Waals surface area (Å²) in [5.41, 5.74) is 1.43. The molecule has 0 aliphatic heterocycles. The van der Waals surface area contributed by atoms with E-state index in [1.165, 1.54) is 11.6 Å². The Balaban J connectivity index is 1.55. The van der Waals surface area contributed by atoms with E-state index in [4.69, 9.17) is 9.84 Å². The van der Waals surface area contributed by atoms with Gasteiger partial charge in [-0.1, -0.05) is 48.2 Å². The van der Waals surface area contributed by atoms with Crippen LogP contribution in [0.2, 0.25) is 0 Å². The van der Waals surface area contributed by atoms with E-state index in [2.05, 4.69) is 33.8 Å². The molecule has 1 N–H and O–H groups in total. The van der Waals surface area contributed by atoms with Crippen molar-refractivity contribution in [2.24, 2.45) is 0 Å². The Bertz CT molecular complexity index is 896. The van der Waals surface area contributed by atoms with Crippen molar-refractivity contribution in [2.45, 2.75) is 25.0 Å². The Labute approximate surface area is 162 Å². The Kier molecular flexibility index (Phi) is 6.49. The van der Waals surface area contributed by atoms with Gasteiger partial charge < -0.3 is 14.4 Å². The van der Waals surface area contributed by atoms with Gasteiger partial charge in [0.05, 0.1) is 12.2 Å². The fourth-order valence-electron chi connectivity index (χ4n) is 2.66. The summed E-state index contributed by atoms with van der Waals surface area (Å²) in [6.45, 7) is 3.34. The summed E-state index contributed by atoms with van der Waals surface area (Å²) in [4.78, 5) is 11.0. The highest BCUT2D eigenvalue weighted by Gasteiger charge is 2.12. The van der Waals surface area contributed by atoms with E-state index in [-0.39, 0.29) is 5.56 Å². The van der Waals surface area contributed by atoms with Gasteiger partial charge in [-0.2, -0.15) is 0 Å². The predicted molar refractivity (Wildman–Crippen MR) is 105 cm³/mol. The number of aromatic nitrogens is 3. The van der Waals surface area contributed by atoms with Crippen molar-refractivity contribution in [3.05, 3.63) is 71.5 Å². The van der Waals surface area contributed by atoms with E-state index in [1.807, 2.05) is 18.2 Å². The normalized spacial score (nSPS) is 10.7. The van der Waals surface area contributed by atoms with Crippen LogP contribution in [0.5, 0.6) is 5.75 Å². The van der Waals surface area contributed by atoms with E-state index >= 15 is 0 Å². The largest absolute Gasteiger partial charge is 0.493 e. The number of benzene rings is 2. The van der Waals surface area contributed by atoms with Crippen molar-refractivity contribution in [3.8, 4) is 5.75 Å². The van der Waals surface area contributed by atoms with E-state index in [9.17, 15) is 4.79 Å². The van der Waals surface area contributed by atoms with Crippen molar-refractivity contribution in [1.82, 2.24) is 14.8 Å². The molecule has 0 saturated carbocycles. The summed E-state index contributed by atoms with van der Waals surface area (Å²) in [5, 5.41) is 18.5. The maximum atomic E-state index is 11.0. The van der Waals surface area contributed by atoms with Crippen LogP contribution in [0.3, 0.4) is 0 Å². The average molecular weight is 383 g/mol. The van der Waals surface area contributed by atoms with Gasteiger partial charge in [0.15, 0.2) is 5.16 Å². The number of carboxylic acids is 1. The molecule has 1 heterocycles. The molecule has 140 valence electrons. The fourth-order valence-corrected chi connectivity index (χ4v) is 3.50. The average Bonchev–Trinajstić information content (AvgIpc) is 3.07. The lowest BCUT2D eigenvalue weighted by Crippen LogP contribution is -2.06. The van der Waals surface area contributed by atoms with E-state index in [0.29, 0.717) is 18.1 Å². The van der Waals surface area contributed by atoms with Crippen molar-refractivity contribution in [2.75, 3.05) is 12.4 Å². The zero-order valence-corrected chi connectivity index (χ0v) is 15.9. The minimum absolute atomic E-state index is 0.219. The van der Waals surface area contributed by atoms with Crippen LogP contribution in [0.15, 0.2) is 59.8 Å². The molecular formula is C20H21N3O3S. The van der Waals surface area contributed by atoms with Crippen molar-refractivity contribution >= 4 is 17.7 Å². The lowest BCUT2D eigenvalue weighted by Gasteiger charge is -2.08. The molecule has 0 radical (unpaired) electrons. The number of carboxylic acid groups (broad SMARTS) is 1. The fraction of sp³-hybridized carbons (Fsp3) is 0.250. The molecule has 0 bridgehead atoms. The number of carbonyl (C=O) groups is 1. The highest BCUT2D eigenvalue weighted by Crippen LogP contribution is 2.20. The molecule has 0 fully saturated rings. The topological polar surface area (TPSA) is 77.2 Å². The maximum absolute atomic E-state index is 11.0. The summed E-state index contributed by atoms with van der Waals surface area (Å²) in [5.74, 6) is 1.23. The first-order valence-electron chi connectivity index (χ1n) is 8.72. The van der Waals surface area contributed by atoms with Crippen LogP contribution in [0.25, 0.3) is 0 Å². The number of hydrogen-bond donors (Lipinski definition) is 1. The molecule has 2 aromatic carbocycles. The van der Waals surface area contributed by atoms with Crippen LogP contribution in [-0.4, -0.2) is 38.2 Å². The van der Waals surface area contributed by atoms with Gasteiger partial charge in [0, 0.05) is 18.7 Å². The van der Waals surface area contributed by atoms with E-state index in [1.54, 1.807) is 30.0 Å². The van der Waals surface area contributed by atoms with Crippen LogP contribution >= 0.6 is 11.8 Å². The zero-order valence-electron chi connectivity index (χ0n) is 15.0. The van der Waals surface area contributed by atoms with Crippen molar-refractivity contribution in [3.63, 3.8) is 0 Å². The molecule has 0 amide bonds. The van der Waals surface area contributed by atoms with Crippen LogP contribution in [0, 0.1) is 0 Å². The SMILES string of the molecule is CCn1c(Cc2ccccc2)nnc1SCCOc1cccc(C(=O)O)c1. The molecule has 1 aromatic heterocycles. The second-order valence-corrected chi connectivity index (χ2v) is 6.90. The molecule has 0 unspecified atom stereocenters. The van der Waals surface area contributed by atoms with Crippen LogP contribution in [0.1, 0.15) is 28.7 Å². The number of aromatic carboxylic acids is 1. The molecular weight excluding hydrogens is 362 g/mol. The third-order valence-corrected chi connectivity index (χ3v) is 4.91. The lowest BCUT2D eigenvalue weighted by molar-refractivity contribution is 0.0696. The van der Waals surface area contributed by atoms with Gasteiger partial charge in [0.1, 0.15) is 11.6 Å². The molecule has 27 heavy (non-hydrogen) atoms. The third-order valence-electron chi connectivity index (χ3n) is 3.98. The van der Waals surface area contributed by atoms with E-state index < -0.39 is 5.97 Å². The molecule has 3 aromatic rings. The smallest absolute Gasteiger partial charge is 0.335 e. The summed E-state index contributed by atoms with van der Waals surface area (Å²) < 4.78 is 7.77. The maximum Gasteiger partial charge on any atom is 0.335 e. The van der Waals surface area contributed by atoms with Crippen molar-refractivity contribution < 1.29 is 14.6 Å². The number of rotatable bonds is 9. The second kappa shape index (κ2) is 9.23. The lowest BCUT2D eigenvalue weighted by atomic mass is 10.1. The highest BCUT2D eigenvalue weighted by atomic mass is 32.2. The molecule has 6 nitrogen and oxygen atoms in total. The molecule has 0 saturated heterocycles. The standard InChI is InChI=1S/C20H21N3O3S/c1-2-23-18(13-15-7-4-3-5-8-15)21-22-20(23)27-12-11-26-17-10-6-9-16(14-17)19(24)25/h3-10,14H,2,11-13H2,1H3,(H,24,25). The predicted octanol–water partition coefficient (Wildman–Crippen LogP) is 3.76. The third kappa shape index (κ3) is 5.10. The zero-order chi connectivity index (χ0) is 19.1. The Morgan fingerprint density at radius 3 is 2.70 bits per heavy atom. The number of hydrogen-bond acceptors (Lipinski definition) is 5. The first kappa shape index (κ1) is 19.0. The second-order valence-electron chi connectivity index (χ2n) is 5.84. The van der Waals surface area contributed by atoms with E-state index in [0.717, 1.165) is 23.9 Å². The molecule has 0 atom stereocenters. The van der Waals surface area contributed by atoms with Gasteiger partial charge in [0.2, 0.25) is 0 Å². The number of thioether (sulfide) groups is 1. The molecule has 0 aliphatic rings. The Morgan fingerprint density at radius 2 is 1.96 bits per heavy atom. The minimum atomic E-state index is -0.961.